The molecule has 0 aliphatic rings. The van der Waals surface area contributed by atoms with E-state index in [0.717, 1.165) is 0 Å². The molecule has 0 spiro atoms. The summed E-state index contributed by atoms with van der Waals surface area (Å²) in [7, 11) is 0. The van der Waals surface area contributed by atoms with Gasteiger partial charge in [-0.05, 0) is 24.6 Å². The molecule has 0 saturated heterocycles. The van der Waals surface area contributed by atoms with Gasteiger partial charge in [0, 0.05) is 18.3 Å². The first-order chi connectivity index (χ1) is 10.2. The molecule has 0 saturated carbocycles. The lowest BCUT2D eigenvalue weighted by atomic mass is 9.99. The number of amides is 1. The van der Waals surface area contributed by atoms with Crippen LogP contribution in [-0.4, -0.2) is 17.6 Å². The Morgan fingerprint density at radius 2 is 1.95 bits per heavy atom. The van der Waals surface area contributed by atoms with Gasteiger partial charge >= 0.3 is 0 Å². The minimum Gasteiger partial charge on any atom is -0.508 e. The summed E-state index contributed by atoms with van der Waals surface area (Å²) in [5.41, 5.74) is 1.25. The Kier molecular flexibility index (Phi) is 4.57. The van der Waals surface area contributed by atoms with Crippen LogP contribution in [0.4, 0.5) is 5.69 Å². The number of rotatable bonds is 4. The van der Waals surface area contributed by atoms with Crippen LogP contribution in [0, 0.1) is 11.3 Å². The second-order valence-electron chi connectivity index (χ2n) is 4.58. The van der Waals surface area contributed by atoms with Crippen molar-refractivity contribution in [2.75, 3.05) is 11.4 Å². The van der Waals surface area contributed by atoms with E-state index in [2.05, 4.69) is 6.07 Å². The van der Waals surface area contributed by atoms with E-state index >= 15 is 0 Å². The predicted octanol–water partition coefficient (Wildman–Crippen LogP) is 3.05. The van der Waals surface area contributed by atoms with Crippen LogP contribution < -0.4 is 4.90 Å². The number of nitrogens with zero attached hydrogens (tertiary/aromatic N) is 2. The fourth-order valence-electron chi connectivity index (χ4n) is 2.20. The van der Waals surface area contributed by atoms with Crippen LogP contribution >= 0.6 is 0 Å². The molecule has 21 heavy (non-hydrogen) atoms. The topological polar surface area (TPSA) is 64.3 Å². The second kappa shape index (κ2) is 6.58. The molecule has 1 unspecified atom stereocenters. The van der Waals surface area contributed by atoms with E-state index < -0.39 is 5.92 Å². The molecule has 4 heteroatoms. The maximum atomic E-state index is 12.6. The van der Waals surface area contributed by atoms with E-state index in [1.165, 1.54) is 11.0 Å². The number of carbonyl (C=O) groups is 1. The normalized spacial score (nSPS) is 11.4. The SMILES string of the molecule is CCN(C(=O)C(C#N)c1ccccc1)c1cccc(O)c1. The average molecular weight is 280 g/mol. The van der Waals surface area contributed by atoms with Gasteiger partial charge in [-0.3, -0.25) is 4.79 Å². The number of carbonyl (C=O) groups excluding carboxylic acids is 1. The molecular formula is C17H16N2O2. The molecule has 2 aromatic rings. The van der Waals surface area contributed by atoms with E-state index in [9.17, 15) is 15.2 Å². The zero-order valence-corrected chi connectivity index (χ0v) is 11.7. The number of hydrogen-bond acceptors (Lipinski definition) is 3. The first-order valence-corrected chi connectivity index (χ1v) is 6.72. The Balaban J connectivity index is 2.34. The highest BCUT2D eigenvalue weighted by atomic mass is 16.3. The Hall–Kier alpha value is -2.80. The van der Waals surface area contributed by atoms with Crippen molar-refractivity contribution in [3.63, 3.8) is 0 Å². The molecule has 0 aliphatic carbocycles. The molecule has 0 radical (unpaired) electrons. The summed E-state index contributed by atoms with van der Waals surface area (Å²) < 4.78 is 0. The maximum absolute atomic E-state index is 12.6. The van der Waals surface area contributed by atoms with Crippen LogP contribution in [-0.2, 0) is 4.79 Å². The quantitative estimate of drug-likeness (QED) is 0.936. The molecule has 4 nitrogen and oxygen atoms in total. The number of likely N-dealkylation sites (N-methyl/N-ethyl adjacent to an activating group) is 1. The smallest absolute Gasteiger partial charge is 0.248 e. The number of aromatic hydroxyl groups is 1. The van der Waals surface area contributed by atoms with Gasteiger partial charge in [0.2, 0.25) is 5.91 Å². The second-order valence-corrected chi connectivity index (χ2v) is 4.58. The van der Waals surface area contributed by atoms with Crippen molar-refractivity contribution in [1.82, 2.24) is 0 Å². The standard InChI is InChI=1S/C17H16N2O2/c1-2-19(14-9-6-10-15(20)11-14)17(21)16(12-18)13-7-4-3-5-8-13/h3-11,16,20H,2H2,1H3. The van der Waals surface area contributed by atoms with E-state index in [0.29, 0.717) is 17.8 Å². The largest absolute Gasteiger partial charge is 0.508 e. The van der Waals surface area contributed by atoms with Crippen molar-refractivity contribution in [2.45, 2.75) is 12.8 Å². The van der Waals surface area contributed by atoms with Gasteiger partial charge in [0.15, 0.2) is 5.92 Å². The van der Waals surface area contributed by atoms with Gasteiger partial charge in [0.1, 0.15) is 5.75 Å². The molecule has 1 atom stereocenters. The van der Waals surface area contributed by atoms with Crippen LogP contribution in [0.25, 0.3) is 0 Å². The Bertz CT molecular complexity index is 662. The van der Waals surface area contributed by atoms with Gasteiger partial charge in [-0.15, -0.1) is 0 Å². The summed E-state index contributed by atoms with van der Waals surface area (Å²) in [6.45, 7) is 2.26. The van der Waals surface area contributed by atoms with Crippen LogP contribution in [0.15, 0.2) is 54.6 Å². The van der Waals surface area contributed by atoms with E-state index in [1.807, 2.05) is 13.0 Å². The van der Waals surface area contributed by atoms with Gasteiger partial charge in [-0.2, -0.15) is 5.26 Å². The molecule has 2 rings (SSSR count). The molecule has 1 N–H and O–H groups in total. The third-order valence-electron chi connectivity index (χ3n) is 3.23. The zero-order chi connectivity index (χ0) is 15.2. The van der Waals surface area contributed by atoms with E-state index in [1.54, 1.807) is 42.5 Å². The number of nitriles is 1. The summed E-state index contributed by atoms with van der Waals surface area (Å²) in [5, 5.41) is 18.9. The van der Waals surface area contributed by atoms with E-state index in [-0.39, 0.29) is 11.7 Å². The van der Waals surface area contributed by atoms with Crippen LogP contribution in [0.2, 0.25) is 0 Å². The van der Waals surface area contributed by atoms with Crippen molar-refractivity contribution in [3.8, 4) is 11.8 Å². The predicted molar refractivity (Wildman–Crippen MR) is 80.9 cm³/mol. The number of phenols is 1. The minimum atomic E-state index is -0.853. The summed E-state index contributed by atoms with van der Waals surface area (Å²) in [6.07, 6.45) is 0. The van der Waals surface area contributed by atoms with Crippen molar-refractivity contribution in [3.05, 3.63) is 60.2 Å². The van der Waals surface area contributed by atoms with Crippen molar-refractivity contribution >= 4 is 11.6 Å². The summed E-state index contributed by atoms with van der Waals surface area (Å²) in [5.74, 6) is -1.06. The molecule has 106 valence electrons. The molecule has 1 amide bonds. The number of hydrogen-bond donors (Lipinski definition) is 1. The van der Waals surface area contributed by atoms with Gasteiger partial charge in [0.25, 0.3) is 0 Å². The maximum Gasteiger partial charge on any atom is 0.248 e. The first-order valence-electron chi connectivity index (χ1n) is 6.72. The van der Waals surface area contributed by atoms with Crippen molar-refractivity contribution in [2.24, 2.45) is 0 Å². The molecule has 0 aromatic heterocycles. The molecule has 0 fully saturated rings. The first kappa shape index (κ1) is 14.6. The monoisotopic (exact) mass is 280 g/mol. The lowest BCUT2D eigenvalue weighted by Gasteiger charge is -2.23. The van der Waals surface area contributed by atoms with Gasteiger partial charge in [-0.1, -0.05) is 36.4 Å². The summed E-state index contributed by atoms with van der Waals surface area (Å²) in [4.78, 5) is 14.1. The van der Waals surface area contributed by atoms with Gasteiger partial charge in [0.05, 0.1) is 6.07 Å². The molecule has 0 bridgehead atoms. The number of anilines is 1. The highest BCUT2D eigenvalue weighted by molar-refractivity contribution is 5.99. The third-order valence-corrected chi connectivity index (χ3v) is 3.23. The highest BCUT2D eigenvalue weighted by Crippen LogP contribution is 2.25. The fraction of sp³-hybridized carbons (Fsp3) is 0.176. The fourth-order valence-corrected chi connectivity index (χ4v) is 2.20. The molecular weight excluding hydrogens is 264 g/mol. The average Bonchev–Trinajstić information content (AvgIpc) is 2.50. The molecule has 0 aliphatic heterocycles. The Morgan fingerprint density at radius 1 is 1.24 bits per heavy atom. The van der Waals surface area contributed by atoms with Crippen LogP contribution in [0.3, 0.4) is 0 Å². The van der Waals surface area contributed by atoms with Gasteiger partial charge in [-0.25, -0.2) is 0 Å². The van der Waals surface area contributed by atoms with E-state index in [4.69, 9.17) is 0 Å². The van der Waals surface area contributed by atoms with Gasteiger partial charge < -0.3 is 10.0 Å². The van der Waals surface area contributed by atoms with Crippen molar-refractivity contribution in [1.29, 1.82) is 5.26 Å². The Labute approximate surface area is 123 Å². The summed E-state index contributed by atoms with van der Waals surface area (Å²) >= 11 is 0. The molecule has 0 heterocycles. The number of phenolic OH excluding ortho intramolecular Hbond substituents is 1. The third kappa shape index (κ3) is 3.21. The lowest BCUT2D eigenvalue weighted by molar-refractivity contribution is -0.118. The van der Waals surface area contributed by atoms with Crippen LogP contribution in [0.5, 0.6) is 5.75 Å². The van der Waals surface area contributed by atoms with Crippen LogP contribution in [0.1, 0.15) is 18.4 Å². The summed E-state index contributed by atoms with van der Waals surface area (Å²) in [6, 6.07) is 17.5. The highest BCUT2D eigenvalue weighted by Gasteiger charge is 2.26. The Morgan fingerprint density at radius 3 is 2.52 bits per heavy atom. The molecule has 2 aromatic carbocycles. The number of benzene rings is 2. The minimum absolute atomic E-state index is 0.0898. The zero-order valence-electron chi connectivity index (χ0n) is 11.7. The lowest BCUT2D eigenvalue weighted by Crippen LogP contribution is -2.34. The van der Waals surface area contributed by atoms with Crippen molar-refractivity contribution < 1.29 is 9.90 Å².